The number of methoxy groups -OCH3 is 1. The molecule has 0 aliphatic heterocycles. The van der Waals surface area contributed by atoms with Gasteiger partial charge in [0, 0.05) is 23.1 Å². The van der Waals surface area contributed by atoms with Gasteiger partial charge in [-0.05, 0) is 58.7 Å². The number of nitrogens with one attached hydrogen (secondary N) is 1. The van der Waals surface area contributed by atoms with Crippen molar-refractivity contribution in [2.45, 2.75) is 25.6 Å². The second-order valence-electron chi connectivity index (χ2n) is 8.83. The van der Waals surface area contributed by atoms with Crippen LogP contribution in [0.15, 0.2) is 103 Å². The second kappa shape index (κ2) is 13.1. The Labute approximate surface area is 233 Å². The molecule has 5 nitrogen and oxygen atoms in total. The summed E-state index contributed by atoms with van der Waals surface area (Å²) in [6.07, 6.45) is 0.126. The lowest BCUT2D eigenvalue weighted by atomic mass is 10.0. The molecule has 0 unspecified atom stereocenters. The van der Waals surface area contributed by atoms with Gasteiger partial charge in [0.25, 0.3) is 0 Å². The van der Waals surface area contributed by atoms with Gasteiger partial charge in [-0.1, -0.05) is 89.9 Å². The normalized spacial score (nSPS) is 11.4. The van der Waals surface area contributed by atoms with Crippen LogP contribution in [0.4, 0.5) is 0 Å². The Hall–Kier alpha value is -3.80. The van der Waals surface area contributed by atoms with Crippen LogP contribution in [-0.4, -0.2) is 23.8 Å². The van der Waals surface area contributed by atoms with Crippen LogP contribution in [0.1, 0.15) is 28.3 Å². The van der Waals surface area contributed by atoms with E-state index in [0.29, 0.717) is 22.3 Å². The Bertz CT molecular complexity index is 1340. The minimum Gasteiger partial charge on any atom is -0.497 e. The van der Waals surface area contributed by atoms with Crippen molar-refractivity contribution in [2.75, 3.05) is 7.11 Å². The molecule has 4 aromatic carbocycles. The van der Waals surface area contributed by atoms with Gasteiger partial charge in [-0.15, -0.1) is 0 Å². The number of halogens is 2. The van der Waals surface area contributed by atoms with Crippen LogP contribution in [0.3, 0.4) is 0 Å². The summed E-state index contributed by atoms with van der Waals surface area (Å²) in [4.78, 5) is 29.2. The third-order valence-electron chi connectivity index (χ3n) is 6.16. The number of hydrogen-bond acceptors (Lipinski definition) is 3. The van der Waals surface area contributed by atoms with Crippen molar-refractivity contribution in [1.82, 2.24) is 10.2 Å². The molecule has 38 heavy (non-hydrogen) atoms. The van der Waals surface area contributed by atoms with Crippen molar-refractivity contribution in [3.05, 3.63) is 135 Å². The van der Waals surface area contributed by atoms with E-state index < -0.39 is 6.04 Å². The quantitative estimate of drug-likeness (QED) is 0.243. The number of benzene rings is 4. The summed E-state index contributed by atoms with van der Waals surface area (Å²) in [5.41, 5.74) is 3.32. The maximum atomic E-state index is 13.8. The highest BCUT2D eigenvalue weighted by Gasteiger charge is 2.31. The van der Waals surface area contributed by atoms with Crippen molar-refractivity contribution in [1.29, 1.82) is 0 Å². The summed E-state index contributed by atoms with van der Waals surface area (Å²) in [6, 6.07) is 30.4. The summed E-state index contributed by atoms with van der Waals surface area (Å²) in [6.45, 7) is 0.547. The molecule has 0 fully saturated rings. The average Bonchev–Trinajstić information content (AvgIpc) is 2.94. The molecular weight excluding hydrogens is 519 g/mol. The zero-order chi connectivity index (χ0) is 26.9. The molecule has 0 aliphatic rings. The Morgan fingerprint density at radius 1 is 0.763 bits per heavy atom. The number of ether oxygens (including phenoxy) is 1. The van der Waals surface area contributed by atoms with E-state index >= 15 is 0 Å². The number of carbonyl (C=O) groups is 2. The fourth-order valence-electron chi connectivity index (χ4n) is 4.13. The topological polar surface area (TPSA) is 58.6 Å². The molecule has 0 radical (unpaired) electrons. The van der Waals surface area contributed by atoms with E-state index in [-0.39, 0.29) is 24.8 Å². The molecule has 0 saturated heterocycles. The lowest BCUT2D eigenvalue weighted by molar-refractivity contribution is -0.141. The molecule has 7 heteroatoms. The summed E-state index contributed by atoms with van der Waals surface area (Å²) in [5, 5.41) is 4.24. The summed E-state index contributed by atoms with van der Waals surface area (Å²) < 4.78 is 5.28. The minimum absolute atomic E-state index is 0.126. The van der Waals surface area contributed by atoms with Crippen molar-refractivity contribution >= 4 is 35.0 Å². The molecule has 2 amide bonds. The first-order valence-electron chi connectivity index (χ1n) is 12.2. The SMILES string of the molecule is COc1ccc(CN(C(=O)Cc2ccc(Cl)cc2)[C@H](C(=O)NCc2ccc(Cl)cc2)c2ccccc2)cc1. The van der Waals surface area contributed by atoms with Crippen molar-refractivity contribution in [2.24, 2.45) is 0 Å². The van der Waals surface area contributed by atoms with Gasteiger partial charge in [-0.3, -0.25) is 9.59 Å². The lowest BCUT2D eigenvalue weighted by Gasteiger charge is -2.32. The van der Waals surface area contributed by atoms with Crippen molar-refractivity contribution in [3.63, 3.8) is 0 Å². The maximum Gasteiger partial charge on any atom is 0.247 e. The largest absolute Gasteiger partial charge is 0.497 e. The Morgan fingerprint density at radius 2 is 1.32 bits per heavy atom. The molecule has 0 aliphatic carbocycles. The third-order valence-corrected chi connectivity index (χ3v) is 6.66. The maximum absolute atomic E-state index is 13.8. The summed E-state index contributed by atoms with van der Waals surface area (Å²) >= 11 is 12.0. The predicted molar refractivity (Wildman–Crippen MR) is 151 cm³/mol. The number of amides is 2. The summed E-state index contributed by atoms with van der Waals surface area (Å²) in [5.74, 6) is 0.260. The zero-order valence-corrected chi connectivity index (χ0v) is 22.5. The van der Waals surface area contributed by atoms with Crippen LogP contribution in [0, 0.1) is 0 Å². The highest BCUT2D eigenvalue weighted by Crippen LogP contribution is 2.26. The monoisotopic (exact) mass is 546 g/mol. The van der Waals surface area contributed by atoms with E-state index in [2.05, 4.69) is 5.32 Å². The first-order valence-corrected chi connectivity index (χ1v) is 12.9. The summed E-state index contributed by atoms with van der Waals surface area (Å²) in [7, 11) is 1.60. The van der Waals surface area contributed by atoms with Gasteiger partial charge in [0.2, 0.25) is 11.8 Å². The molecule has 0 aromatic heterocycles. The number of rotatable bonds is 10. The van der Waals surface area contributed by atoms with Crippen LogP contribution >= 0.6 is 23.2 Å². The van der Waals surface area contributed by atoms with Gasteiger partial charge in [-0.25, -0.2) is 0 Å². The average molecular weight is 547 g/mol. The van der Waals surface area contributed by atoms with E-state index in [0.717, 1.165) is 22.3 Å². The van der Waals surface area contributed by atoms with Gasteiger partial charge >= 0.3 is 0 Å². The number of carbonyl (C=O) groups excluding carboxylic acids is 2. The van der Waals surface area contributed by atoms with Gasteiger partial charge in [0.05, 0.1) is 13.5 Å². The van der Waals surface area contributed by atoms with E-state index in [9.17, 15) is 9.59 Å². The van der Waals surface area contributed by atoms with E-state index in [1.165, 1.54) is 0 Å². The van der Waals surface area contributed by atoms with E-state index in [1.807, 2.05) is 78.9 Å². The molecule has 0 saturated carbocycles. The molecule has 4 rings (SSSR count). The van der Waals surface area contributed by atoms with Crippen LogP contribution in [0.2, 0.25) is 10.0 Å². The zero-order valence-electron chi connectivity index (χ0n) is 20.9. The Balaban J connectivity index is 1.66. The second-order valence-corrected chi connectivity index (χ2v) is 9.70. The molecule has 1 N–H and O–H groups in total. The highest BCUT2D eigenvalue weighted by molar-refractivity contribution is 6.30. The van der Waals surface area contributed by atoms with Crippen LogP contribution in [0.25, 0.3) is 0 Å². The van der Waals surface area contributed by atoms with Gasteiger partial charge in [0.1, 0.15) is 11.8 Å². The van der Waals surface area contributed by atoms with E-state index in [4.69, 9.17) is 27.9 Å². The third kappa shape index (κ3) is 7.37. The van der Waals surface area contributed by atoms with Crippen LogP contribution in [0.5, 0.6) is 5.75 Å². The van der Waals surface area contributed by atoms with Gasteiger partial charge in [-0.2, -0.15) is 0 Å². The standard InChI is InChI=1S/C31H28Cl2N2O3/c1-38-28-17-11-24(12-18-28)21-35(29(36)19-22-7-13-26(32)14-8-22)30(25-5-3-2-4-6-25)31(37)34-20-23-9-15-27(33)16-10-23/h2-18,30H,19-21H2,1H3,(H,34,37)/t30-/m0/s1. The van der Waals surface area contributed by atoms with Crippen molar-refractivity contribution < 1.29 is 14.3 Å². The molecule has 1 atom stereocenters. The molecule has 0 bridgehead atoms. The van der Waals surface area contributed by atoms with Crippen molar-refractivity contribution in [3.8, 4) is 5.75 Å². The number of hydrogen-bond donors (Lipinski definition) is 1. The number of nitrogens with zero attached hydrogens (tertiary/aromatic N) is 1. The first-order chi connectivity index (χ1) is 18.4. The fourth-order valence-corrected chi connectivity index (χ4v) is 4.38. The van der Waals surface area contributed by atoms with Gasteiger partial charge < -0.3 is 15.0 Å². The molecule has 0 heterocycles. The molecular formula is C31H28Cl2N2O3. The molecule has 194 valence electrons. The predicted octanol–water partition coefficient (Wildman–Crippen LogP) is 6.63. The van der Waals surface area contributed by atoms with E-state index in [1.54, 1.807) is 36.3 Å². The molecule has 4 aromatic rings. The smallest absolute Gasteiger partial charge is 0.247 e. The Kier molecular flexibility index (Phi) is 9.41. The fraction of sp³-hybridized carbons (Fsp3) is 0.161. The van der Waals surface area contributed by atoms with Crippen LogP contribution in [-0.2, 0) is 29.1 Å². The lowest BCUT2D eigenvalue weighted by Crippen LogP contribution is -2.43. The minimum atomic E-state index is -0.842. The highest BCUT2D eigenvalue weighted by atomic mass is 35.5. The van der Waals surface area contributed by atoms with Crippen LogP contribution < -0.4 is 10.1 Å². The molecule has 0 spiro atoms. The Morgan fingerprint density at radius 3 is 1.89 bits per heavy atom. The van der Waals surface area contributed by atoms with Gasteiger partial charge in [0.15, 0.2) is 0 Å². The first kappa shape index (κ1) is 27.2.